The van der Waals surface area contributed by atoms with Gasteiger partial charge in [-0.25, -0.2) is 0 Å². The van der Waals surface area contributed by atoms with E-state index in [9.17, 15) is 5.11 Å². The molecule has 8 atom stereocenters. The summed E-state index contributed by atoms with van der Waals surface area (Å²) in [5.74, 6) is 5.11. The van der Waals surface area contributed by atoms with Crippen molar-refractivity contribution in [3.63, 3.8) is 0 Å². The van der Waals surface area contributed by atoms with Crippen molar-refractivity contribution in [1.29, 1.82) is 0 Å². The van der Waals surface area contributed by atoms with E-state index in [1.807, 2.05) is 0 Å². The molecule has 22 heavy (non-hydrogen) atoms. The quantitative estimate of drug-likeness (QED) is 0.627. The third-order valence-corrected chi connectivity index (χ3v) is 8.34. The minimum absolute atomic E-state index is 0.0230. The molecule has 4 rings (SSSR count). The van der Waals surface area contributed by atoms with E-state index in [1.165, 1.54) is 38.5 Å². The molecular formula is C21H32O. The number of fused-ring (bicyclic) bond motifs is 5. The highest BCUT2D eigenvalue weighted by atomic mass is 16.3. The molecule has 0 aromatic carbocycles. The molecule has 5 unspecified atom stereocenters. The SMILES string of the molecule is C=C=C1CCC2C3CCC4C[C@@H](O)CC[C@]4(C)C3C[C@@H](C)C12. The Balaban J connectivity index is 1.65. The van der Waals surface area contributed by atoms with Crippen molar-refractivity contribution >= 4 is 0 Å². The minimum atomic E-state index is -0.0230. The average Bonchev–Trinajstić information content (AvgIpc) is 2.94. The van der Waals surface area contributed by atoms with Crippen LogP contribution >= 0.6 is 0 Å². The van der Waals surface area contributed by atoms with E-state index in [-0.39, 0.29) is 6.10 Å². The molecular weight excluding hydrogens is 268 g/mol. The van der Waals surface area contributed by atoms with Crippen molar-refractivity contribution in [1.82, 2.24) is 0 Å². The summed E-state index contributed by atoms with van der Waals surface area (Å²) in [7, 11) is 0. The third-order valence-electron chi connectivity index (χ3n) is 8.34. The highest BCUT2D eigenvalue weighted by molar-refractivity contribution is 5.18. The smallest absolute Gasteiger partial charge is 0.0543 e. The predicted octanol–water partition coefficient (Wildman–Crippen LogP) is 4.96. The van der Waals surface area contributed by atoms with Gasteiger partial charge in [-0.2, -0.15) is 0 Å². The first-order valence-electron chi connectivity index (χ1n) is 9.61. The molecule has 0 spiro atoms. The van der Waals surface area contributed by atoms with Gasteiger partial charge in [-0.05, 0) is 97.9 Å². The van der Waals surface area contributed by atoms with Crippen LogP contribution in [0.4, 0.5) is 0 Å². The number of hydrogen-bond acceptors (Lipinski definition) is 1. The maximum Gasteiger partial charge on any atom is 0.0543 e. The van der Waals surface area contributed by atoms with E-state index < -0.39 is 0 Å². The first kappa shape index (κ1) is 15.0. The first-order chi connectivity index (χ1) is 10.5. The zero-order chi connectivity index (χ0) is 15.5. The van der Waals surface area contributed by atoms with Gasteiger partial charge in [-0.1, -0.05) is 20.4 Å². The van der Waals surface area contributed by atoms with Gasteiger partial charge in [0.1, 0.15) is 0 Å². The number of allylic oxidation sites excluding steroid dienone is 1. The van der Waals surface area contributed by atoms with Crippen molar-refractivity contribution in [2.24, 2.45) is 40.9 Å². The van der Waals surface area contributed by atoms with Crippen molar-refractivity contribution in [3.8, 4) is 0 Å². The van der Waals surface area contributed by atoms with Gasteiger partial charge in [0.05, 0.1) is 6.10 Å². The molecule has 0 aromatic heterocycles. The number of hydrogen-bond donors (Lipinski definition) is 1. The number of aliphatic hydroxyl groups excluding tert-OH is 1. The van der Waals surface area contributed by atoms with Gasteiger partial charge in [0.2, 0.25) is 0 Å². The fourth-order valence-corrected chi connectivity index (χ4v) is 7.30. The van der Waals surface area contributed by atoms with E-state index in [2.05, 4.69) is 26.2 Å². The van der Waals surface area contributed by atoms with Crippen LogP contribution in [0.3, 0.4) is 0 Å². The van der Waals surface area contributed by atoms with Crippen molar-refractivity contribution in [2.45, 2.75) is 71.3 Å². The summed E-state index contributed by atoms with van der Waals surface area (Å²) in [5, 5.41) is 10.1. The minimum Gasteiger partial charge on any atom is -0.393 e. The normalized spacial score (nSPS) is 54.1. The molecule has 4 fully saturated rings. The van der Waals surface area contributed by atoms with Crippen LogP contribution in [0.15, 0.2) is 17.9 Å². The van der Waals surface area contributed by atoms with E-state index in [4.69, 9.17) is 0 Å². The van der Waals surface area contributed by atoms with Crippen LogP contribution in [0.5, 0.6) is 0 Å². The largest absolute Gasteiger partial charge is 0.393 e. The zero-order valence-corrected chi connectivity index (χ0v) is 14.4. The van der Waals surface area contributed by atoms with Crippen LogP contribution in [-0.2, 0) is 0 Å². The summed E-state index contributed by atoms with van der Waals surface area (Å²) in [6.45, 7) is 9.03. The second-order valence-corrected chi connectivity index (χ2v) is 9.12. The second kappa shape index (κ2) is 5.25. The Hall–Kier alpha value is -0.520. The molecule has 0 amide bonds. The fraction of sp³-hybridized carbons (Fsp3) is 0.857. The lowest BCUT2D eigenvalue weighted by Gasteiger charge is -2.59. The van der Waals surface area contributed by atoms with Crippen molar-refractivity contribution < 1.29 is 5.11 Å². The Morgan fingerprint density at radius 1 is 1.14 bits per heavy atom. The lowest BCUT2D eigenvalue weighted by molar-refractivity contribution is -0.114. The molecule has 0 heterocycles. The van der Waals surface area contributed by atoms with E-state index >= 15 is 0 Å². The van der Waals surface area contributed by atoms with E-state index in [0.29, 0.717) is 5.41 Å². The molecule has 1 nitrogen and oxygen atoms in total. The van der Waals surface area contributed by atoms with Crippen molar-refractivity contribution in [2.75, 3.05) is 0 Å². The summed E-state index contributed by atoms with van der Waals surface area (Å²) in [6.07, 6.45) is 10.2. The lowest BCUT2D eigenvalue weighted by Crippen LogP contribution is -2.53. The van der Waals surface area contributed by atoms with Gasteiger partial charge in [0.25, 0.3) is 0 Å². The summed E-state index contributed by atoms with van der Waals surface area (Å²) in [6, 6.07) is 0. The lowest BCUT2D eigenvalue weighted by atomic mass is 9.46. The first-order valence-corrected chi connectivity index (χ1v) is 9.61. The summed E-state index contributed by atoms with van der Waals surface area (Å²) in [4.78, 5) is 0. The molecule has 0 aliphatic heterocycles. The number of rotatable bonds is 0. The molecule has 0 radical (unpaired) electrons. The van der Waals surface area contributed by atoms with Crippen molar-refractivity contribution in [3.05, 3.63) is 17.9 Å². The maximum absolute atomic E-state index is 10.1. The molecule has 1 N–H and O–H groups in total. The van der Waals surface area contributed by atoms with Gasteiger partial charge >= 0.3 is 0 Å². The van der Waals surface area contributed by atoms with Gasteiger partial charge in [-0.3, -0.25) is 0 Å². The Morgan fingerprint density at radius 3 is 2.73 bits per heavy atom. The zero-order valence-electron chi connectivity index (χ0n) is 14.4. The fourth-order valence-electron chi connectivity index (χ4n) is 7.30. The summed E-state index contributed by atoms with van der Waals surface area (Å²) >= 11 is 0. The molecule has 0 bridgehead atoms. The summed E-state index contributed by atoms with van der Waals surface area (Å²) in [5.41, 5.74) is 5.34. The third kappa shape index (κ3) is 2.01. The maximum atomic E-state index is 10.1. The monoisotopic (exact) mass is 300 g/mol. The van der Waals surface area contributed by atoms with Crippen LogP contribution < -0.4 is 0 Å². The van der Waals surface area contributed by atoms with Crippen LogP contribution in [0.25, 0.3) is 0 Å². The number of aliphatic hydroxyl groups is 1. The van der Waals surface area contributed by atoms with Crippen LogP contribution in [0.1, 0.15) is 65.2 Å². The highest BCUT2D eigenvalue weighted by Crippen LogP contribution is 2.64. The standard InChI is InChI=1S/C21H32O/c1-4-14-5-7-18-17-8-6-15-12-16(22)9-10-21(15,3)19(17)11-13(2)20(14)18/h13,15-20,22H,1,5-12H2,2-3H3/t13-,15?,16+,17?,18?,19?,20?,21+/m1/s1. The Morgan fingerprint density at radius 2 is 1.95 bits per heavy atom. The van der Waals surface area contributed by atoms with E-state index in [0.717, 1.165) is 48.3 Å². The topological polar surface area (TPSA) is 20.2 Å². The molecule has 0 saturated heterocycles. The van der Waals surface area contributed by atoms with Crippen LogP contribution in [0.2, 0.25) is 0 Å². The Kier molecular flexibility index (Phi) is 3.59. The van der Waals surface area contributed by atoms with Crippen LogP contribution in [-0.4, -0.2) is 11.2 Å². The Bertz CT molecular complexity index is 502. The molecule has 122 valence electrons. The molecule has 1 heteroatoms. The van der Waals surface area contributed by atoms with Crippen LogP contribution in [0, 0.1) is 40.9 Å². The molecule has 0 aromatic rings. The van der Waals surface area contributed by atoms with Gasteiger partial charge in [0.15, 0.2) is 0 Å². The molecule has 4 saturated carbocycles. The average molecular weight is 300 g/mol. The van der Waals surface area contributed by atoms with Gasteiger partial charge in [0, 0.05) is 0 Å². The second-order valence-electron chi connectivity index (χ2n) is 9.12. The van der Waals surface area contributed by atoms with Gasteiger partial charge in [-0.15, -0.1) is 5.73 Å². The predicted molar refractivity (Wildman–Crippen MR) is 90.3 cm³/mol. The molecule has 4 aliphatic rings. The highest BCUT2D eigenvalue weighted by Gasteiger charge is 2.57. The van der Waals surface area contributed by atoms with E-state index in [1.54, 1.807) is 5.57 Å². The van der Waals surface area contributed by atoms with Gasteiger partial charge < -0.3 is 5.11 Å². The molecule has 4 aliphatic carbocycles. The summed E-state index contributed by atoms with van der Waals surface area (Å²) < 4.78 is 0. The Labute approximate surface area is 135 Å².